The average Bonchev–Trinajstić information content (AvgIpc) is 2.50. The zero-order chi connectivity index (χ0) is 14.4. The second-order valence-corrected chi connectivity index (χ2v) is 3.54. The molecule has 2 rings (SSSR count). The lowest BCUT2D eigenvalue weighted by molar-refractivity contribution is 0.0949. The van der Waals surface area contributed by atoms with E-state index in [1.165, 1.54) is 38.0 Å². The molecule has 1 amide bonds. The number of ether oxygens (including phenoxy) is 1. The maximum Gasteiger partial charge on any atom is 0.291 e. The molecule has 0 atom stereocenters. The molecule has 0 saturated carbocycles. The largest absolute Gasteiger partial charge is 0.495 e. The smallest absolute Gasteiger partial charge is 0.291 e. The summed E-state index contributed by atoms with van der Waals surface area (Å²) < 4.78 is 18.3. The van der Waals surface area contributed by atoms with Crippen LogP contribution >= 0.6 is 0 Å². The molecular formula is C12H10FN5O2. The topological polar surface area (TPSA) is 89.4 Å². The minimum absolute atomic E-state index is 0.0868. The first-order valence-corrected chi connectivity index (χ1v) is 5.49. The summed E-state index contributed by atoms with van der Waals surface area (Å²) >= 11 is 0. The lowest BCUT2D eigenvalue weighted by Gasteiger charge is -2.01. The lowest BCUT2D eigenvalue weighted by atomic mass is 10.3. The van der Waals surface area contributed by atoms with Gasteiger partial charge in [0.1, 0.15) is 11.4 Å². The second kappa shape index (κ2) is 6.32. The Kier molecular flexibility index (Phi) is 4.28. The summed E-state index contributed by atoms with van der Waals surface area (Å²) in [4.78, 5) is 22.6. The van der Waals surface area contributed by atoms with Crippen LogP contribution in [0.15, 0.2) is 36.0 Å². The van der Waals surface area contributed by atoms with Crippen molar-refractivity contribution >= 4 is 12.1 Å². The number of methoxy groups -OCH3 is 1. The molecule has 2 aromatic heterocycles. The predicted octanol–water partition coefficient (Wildman–Crippen LogP) is 0.783. The number of nitrogens with zero attached hydrogens (tertiary/aromatic N) is 4. The van der Waals surface area contributed by atoms with E-state index >= 15 is 0 Å². The van der Waals surface area contributed by atoms with Gasteiger partial charge in [0.2, 0.25) is 5.95 Å². The van der Waals surface area contributed by atoms with Gasteiger partial charge >= 0.3 is 0 Å². The fourth-order valence-corrected chi connectivity index (χ4v) is 1.28. The van der Waals surface area contributed by atoms with Gasteiger partial charge in [-0.05, 0) is 6.07 Å². The summed E-state index contributed by atoms with van der Waals surface area (Å²) in [6.45, 7) is 0. The number of hydrazone groups is 1. The first-order valence-electron chi connectivity index (χ1n) is 5.49. The monoisotopic (exact) mass is 275 g/mol. The van der Waals surface area contributed by atoms with Crippen molar-refractivity contribution in [3.05, 3.63) is 48.1 Å². The Morgan fingerprint density at radius 1 is 1.40 bits per heavy atom. The molecule has 0 aliphatic rings. The molecule has 0 radical (unpaired) electrons. The molecule has 2 aromatic rings. The first-order chi connectivity index (χ1) is 9.70. The van der Waals surface area contributed by atoms with E-state index in [2.05, 4.69) is 25.5 Å². The number of nitrogens with one attached hydrogen (secondary N) is 1. The SMILES string of the molecule is COc1cnc(F)c(C=NNC(=O)c2cnccn2)c1. The van der Waals surface area contributed by atoms with Gasteiger partial charge in [0, 0.05) is 12.4 Å². The molecule has 0 aliphatic heterocycles. The van der Waals surface area contributed by atoms with Crippen LogP contribution in [0.5, 0.6) is 5.75 Å². The molecule has 8 heteroatoms. The van der Waals surface area contributed by atoms with E-state index < -0.39 is 11.9 Å². The number of hydrogen-bond acceptors (Lipinski definition) is 6. The van der Waals surface area contributed by atoms with Crippen LogP contribution in [-0.4, -0.2) is 34.2 Å². The molecule has 0 unspecified atom stereocenters. The van der Waals surface area contributed by atoms with Gasteiger partial charge in [-0.2, -0.15) is 9.49 Å². The third kappa shape index (κ3) is 3.31. The van der Waals surface area contributed by atoms with Crippen LogP contribution in [0.25, 0.3) is 0 Å². The zero-order valence-electron chi connectivity index (χ0n) is 10.4. The van der Waals surface area contributed by atoms with E-state index in [1.807, 2.05) is 0 Å². The number of carbonyl (C=O) groups excluding carboxylic acids is 1. The van der Waals surface area contributed by atoms with Gasteiger partial charge in [0.25, 0.3) is 5.91 Å². The Labute approximate surface area is 113 Å². The van der Waals surface area contributed by atoms with Crippen molar-refractivity contribution in [2.24, 2.45) is 5.10 Å². The van der Waals surface area contributed by atoms with Gasteiger partial charge in [0.15, 0.2) is 0 Å². The van der Waals surface area contributed by atoms with Crippen LogP contribution in [0.3, 0.4) is 0 Å². The quantitative estimate of drug-likeness (QED) is 0.506. The average molecular weight is 275 g/mol. The number of pyridine rings is 1. The van der Waals surface area contributed by atoms with Crippen molar-refractivity contribution in [3.8, 4) is 5.75 Å². The second-order valence-electron chi connectivity index (χ2n) is 3.54. The van der Waals surface area contributed by atoms with Crippen molar-refractivity contribution in [3.63, 3.8) is 0 Å². The number of halogens is 1. The summed E-state index contributed by atoms with van der Waals surface area (Å²) in [5.74, 6) is -0.887. The van der Waals surface area contributed by atoms with Crippen molar-refractivity contribution in [1.29, 1.82) is 0 Å². The third-order valence-corrected chi connectivity index (χ3v) is 2.24. The highest BCUT2D eigenvalue weighted by atomic mass is 19.1. The highest BCUT2D eigenvalue weighted by molar-refractivity contribution is 5.92. The molecule has 0 bridgehead atoms. The number of carbonyl (C=O) groups is 1. The van der Waals surface area contributed by atoms with Crippen molar-refractivity contribution in [2.75, 3.05) is 7.11 Å². The fourth-order valence-electron chi connectivity index (χ4n) is 1.28. The van der Waals surface area contributed by atoms with Gasteiger partial charge in [0.05, 0.1) is 31.3 Å². The Bertz CT molecular complexity index is 633. The Hall–Kier alpha value is -2.90. The highest BCUT2D eigenvalue weighted by Gasteiger charge is 2.06. The maximum absolute atomic E-state index is 13.4. The molecule has 2 heterocycles. The molecule has 0 spiro atoms. The van der Waals surface area contributed by atoms with E-state index in [0.717, 1.165) is 6.21 Å². The fraction of sp³-hybridized carbons (Fsp3) is 0.0833. The Balaban J connectivity index is 2.05. The van der Waals surface area contributed by atoms with Crippen LogP contribution in [-0.2, 0) is 0 Å². The van der Waals surface area contributed by atoms with Crippen LogP contribution in [0.1, 0.15) is 16.1 Å². The number of amides is 1. The standard InChI is InChI=1S/C12H10FN5O2/c1-20-9-4-8(11(13)16-6-9)5-17-18-12(19)10-7-14-2-3-15-10/h2-7H,1H3,(H,18,19). The van der Waals surface area contributed by atoms with Gasteiger partial charge in [-0.15, -0.1) is 0 Å². The lowest BCUT2D eigenvalue weighted by Crippen LogP contribution is -2.19. The molecular weight excluding hydrogens is 265 g/mol. The van der Waals surface area contributed by atoms with E-state index in [1.54, 1.807) is 0 Å². The van der Waals surface area contributed by atoms with Crippen LogP contribution in [0.2, 0.25) is 0 Å². The highest BCUT2D eigenvalue weighted by Crippen LogP contribution is 2.11. The predicted molar refractivity (Wildman–Crippen MR) is 67.8 cm³/mol. The zero-order valence-corrected chi connectivity index (χ0v) is 10.4. The first kappa shape index (κ1) is 13.5. The summed E-state index contributed by atoms with van der Waals surface area (Å²) in [5, 5.41) is 3.63. The van der Waals surface area contributed by atoms with Gasteiger partial charge in [-0.3, -0.25) is 9.78 Å². The van der Waals surface area contributed by atoms with Crippen LogP contribution in [0.4, 0.5) is 4.39 Å². The molecule has 20 heavy (non-hydrogen) atoms. The maximum atomic E-state index is 13.4. The van der Waals surface area contributed by atoms with E-state index in [9.17, 15) is 9.18 Å². The van der Waals surface area contributed by atoms with Crippen molar-refractivity contribution in [1.82, 2.24) is 20.4 Å². The Morgan fingerprint density at radius 3 is 2.95 bits per heavy atom. The van der Waals surface area contributed by atoms with Crippen molar-refractivity contribution in [2.45, 2.75) is 0 Å². The van der Waals surface area contributed by atoms with Gasteiger partial charge in [-0.25, -0.2) is 15.4 Å². The molecule has 0 saturated heterocycles. The summed E-state index contributed by atoms with van der Waals surface area (Å²) in [6.07, 6.45) is 6.48. The molecule has 0 fully saturated rings. The molecule has 1 N–H and O–H groups in total. The molecule has 0 aromatic carbocycles. The minimum Gasteiger partial charge on any atom is -0.495 e. The number of aromatic nitrogens is 3. The van der Waals surface area contributed by atoms with Gasteiger partial charge in [-0.1, -0.05) is 0 Å². The van der Waals surface area contributed by atoms with Gasteiger partial charge < -0.3 is 4.74 Å². The van der Waals surface area contributed by atoms with Crippen LogP contribution in [0, 0.1) is 5.95 Å². The molecule has 102 valence electrons. The Morgan fingerprint density at radius 2 is 2.25 bits per heavy atom. The molecule has 7 nitrogen and oxygen atoms in total. The molecule has 0 aliphatic carbocycles. The normalized spacial score (nSPS) is 10.5. The van der Waals surface area contributed by atoms with Crippen LogP contribution < -0.4 is 10.2 Å². The summed E-state index contributed by atoms with van der Waals surface area (Å²) in [6, 6.07) is 1.40. The minimum atomic E-state index is -0.719. The van der Waals surface area contributed by atoms with E-state index in [4.69, 9.17) is 4.74 Å². The summed E-state index contributed by atoms with van der Waals surface area (Å²) in [7, 11) is 1.44. The van der Waals surface area contributed by atoms with E-state index in [0.29, 0.717) is 5.75 Å². The third-order valence-electron chi connectivity index (χ3n) is 2.24. The van der Waals surface area contributed by atoms with Crippen molar-refractivity contribution < 1.29 is 13.9 Å². The number of hydrogen-bond donors (Lipinski definition) is 1. The number of rotatable bonds is 4. The summed E-state index contributed by atoms with van der Waals surface area (Å²) in [5.41, 5.74) is 2.40. The van der Waals surface area contributed by atoms with E-state index in [-0.39, 0.29) is 11.3 Å².